The Labute approximate surface area is 182 Å². The van der Waals surface area contributed by atoms with Gasteiger partial charge < -0.3 is 4.74 Å². The van der Waals surface area contributed by atoms with Crippen LogP contribution >= 0.6 is 23.2 Å². The van der Waals surface area contributed by atoms with Crippen LogP contribution in [-0.2, 0) is 14.3 Å². The number of allylic oxidation sites excluding steroid dienone is 1. The Morgan fingerprint density at radius 1 is 1.20 bits per heavy atom. The molecule has 0 saturated heterocycles. The average molecular weight is 447 g/mol. The van der Waals surface area contributed by atoms with Gasteiger partial charge in [0.05, 0.1) is 22.7 Å². The number of nitro groups is 1. The number of anilines is 1. The average Bonchev–Trinajstić information content (AvgIpc) is 2.94. The minimum Gasteiger partial charge on any atom is -0.462 e. The van der Waals surface area contributed by atoms with Gasteiger partial charge in [0.25, 0.3) is 11.6 Å². The zero-order valence-corrected chi connectivity index (χ0v) is 17.5. The molecule has 1 aliphatic rings. The number of carbonyl (C=O) groups is 2. The van der Waals surface area contributed by atoms with Crippen molar-refractivity contribution in [3.63, 3.8) is 0 Å². The molecule has 0 N–H and O–H groups in total. The van der Waals surface area contributed by atoms with Crippen molar-refractivity contribution in [2.75, 3.05) is 11.5 Å². The third-order valence-corrected chi connectivity index (χ3v) is 5.05. The molecule has 30 heavy (non-hydrogen) atoms. The fourth-order valence-electron chi connectivity index (χ4n) is 3.09. The standard InChI is InChI=1S/C21H16Cl2N2O5/c1-3-30-21(27)19-12(2)24(15-6-4-14(22)5-7-15)20(26)17(19)11-13-10-16(25(28)29)8-9-18(13)23/h4-11H,3H2,1-2H3/b17-11-. The fraction of sp³-hybridized carbons (Fsp3) is 0.143. The topological polar surface area (TPSA) is 89.8 Å². The van der Waals surface area contributed by atoms with Crippen molar-refractivity contribution in [1.82, 2.24) is 0 Å². The molecule has 0 fully saturated rings. The number of carbonyl (C=O) groups excluding carboxylic acids is 2. The molecule has 3 rings (SSSR count). The molecule has 154 valence electrons. The van der Waals surface area contributed by atoms with E-state index in [0.717, 1.165) is 0 Å². The van der Waals surface area contributed by atoms with E-state index in [2.05, 4.69) is 0 Å². The van der Waals surface area contributed by atoms with E-state index in [0.29, 0.717) is 16.4 Å². The van der Waals surface area contributed by atoms with Crippen LogP contribution in [-0.4, -0.2) is 23.4 Å². The molecule has 0 spiro atoms. The van der Waals surface area contributed by atoms with Crippen molar-refractivity contribution in [1.29, 1.82) is 0 Å². The van der Waals surface area contributed by atoms with Crippen LogP contribution in [0, 0.1) is 10.1 Å². The summed E-state index contributed by atoms with van der Waals surface area (Å²) < 4.78 is 5.13. The van der Waals surface area contributed by atoms with Gasteiger partial charge in [-0.25, -0.2) is 4.79 Å². The summed E-state index contributed by atoms with van der Waals surface area (Å²) in [6.07, 6.45) is 1.36. The van der Waals surface area contributed by atoms with E-state index in [1.807, 2.05) is 0 Å². The van der Waals surface area contributed by atoms with Crippen molar-refractivity contribution in [3.8, 4) is 0 Å². The number of hydrogen-bond donors (Lipinski definition) is 0. The smallest absolute Gasteiger partial charge is 0.340 e. The Balaban J connectivity index is 2.17. The number of rotatable bonds is 5. The summed E-state index contributed by atoms with van der Waals surface area (Å²) >= 11 is 12.1. The highest BCUT2D eigenvalue weighted by atomic mass is 35.5. The van der Waals surface area contributed by atoms with Crippen LogP contribution in [0.1, 0.15) is 19.4 Å². The normalized spacial score (nSPS) is 15.1. The van der Waals surface area contributed by atoms with Crippen molar-refractivity contribution in [2.45, 2.75) is 13.8 Å². The van der Waals surface area contributed by atoms with Crippen molar-refractivity contribution < 1.29 is 19.2 Å². The van der Waals surface area contributed by atoms with Crippen molar-refractivity contribution in [2.24, 2.45) is 0 Å². The maximum Gasteiger partial charge on any atom is 0.340 e. The lowest BCUT2D eigenvalue weighted by molar-refractivity contribution is -0.384. The van der Waals surface area contributed by atoms with Gasteiger partial charge in [-0.3, -0.25) is 19.8 Å². The summed E-state index contributed by atoms with van der Waals surface area (Å²) in [5.41, 5.74) is 1.03. The van der Waals surface area contributed by atoms with Gasteiger partial charge in [-0.1, -0.05) is 23.2 Å². The second kappa shape index (κ2) is 8.69. The number of nitrogens with zero attached hydrogens (tertiary/aromatic N) is 2. The van der Waals surface area contributed by atoms with E-state index in [-0.39, 0.29) is 34.0 Å². The zero-order valence-electron chi connectivity index (χ0n) is 16.0. The Morgan fingerprint density at radius 3 is 2.47 bits per heavy atom. The van der Waals surface area contributed by atoms with E-state index in [4.69, 9.17) is 27.9 Å². The van der Waals surface area contributed by atoms with Gasteiger partial charge in [-0.2, -0.15) is 0 Å². The Bertz CT molecular complexity index is 1110. The molecule has 0 unspecified atom stereocenters. The summed E-state index contributed by atoms with van der Waals surface area (Å²) in [4.78, 5) is 37.8. The number of amides is 1. The van der Waals surface area contributed by atoms with Gasteiger partial charge in [0.15, 0.2) is 0 Å². The molecule has 7 nitrogen and oxygen atoms in total. The summed E-state index contributed by atoms with van der Waals surface area (Å²) in [5.74, 6) is -1.16. The summed E-state index contributed by atoms with van der Waals surface area (Å²) in [5, 5.41) is 11.8. The molecule has 2 aromatic rings. The summed E-state index contributed by atoms with van der Waals surface area (Å²) in [7, 11) is 0. The van der Waals surface area contributed by atoms with Crippen LogP contribution < -0.4 is 4.90 Å². The summed E-state index contributed by atoms with van der Waals surface area (Å²) in [6.45, 7) is 3.40. The number of benzene rings is 2. The third-order valence-electron chi connectivity index (χ3n) is 4.45. The second-order valence-corrected chi connectivity index (χ2v) is 7.16. The van der Waals surface area contributed by atoms with Gasteiger partial charge in [0, 0.05) is 39.1 Å². The van der Waals surface area contributed by atoms with E-state index in [9.17, 15) is 19.7 Å². The number of hydrogen-bond acceptors (Lipinski definition) is 5. The van der Waals surface area contributed by atoms with Crippen LogP contribution in [0.25, 0.3) is 6.08 Å². The number of nitro benzene ring substituents is 1. The van der Waals surface area contributed by atoms with Crippen molar-refractivity contribution >= 4 is 52.5 Å². The van der Waals surface area contributed by atoms with Gasteiger partial charge in [0.1, 0.15) is 0 Å². The first-order valence-corrected chi connectivity index (χ1v) is 9.64. The fourth-order valence-corrected chi connectivity index (χ4v) is 3.39. The minimum absolute atomic E-state index is 0.0308. The third kappa shape index (κ3) is 4.08. The largest absolute Gasteiger partial charge is 0.462 e. The highest BCUT2D eigenvalue weighted by Gasteiger charge is 2.38. The van der Waals surface area contributed by atoms with Gasteiger partial charge in [0.2, 0.25) is 0 Å². The van der Waals surface area contributed by atoms with E-state index >= 15 is 0 Å². The Morgan fingerprint density at radius 2 is 1.87 bits per heavy atom. The second-order valence-electron chi connectivity index (χ2n) is 6.32. The molecular formula is C21H16Cl2N2O5. The SMILES string of the molecule is CCOC(=O)C1=C(C)N(c2ccc(Cl)cc2)C(=O)/C1=C\c1cc([N+](=O)[O-])ccc1Cl. The van der Waals surface area contributed by atoms with Crippen LogP contribution in [0.2, 0.25) is 10.0 Å². The maximum absolute atomic E-state index is 13.3. The van der Waals surface area contributed by atoms with Crippen LogP contribution in [0.3, 0.4) is 0 Å². The molecule has 1 amide bonds. The van der Waals surface area contributed by atoms with E-state index < -0.39 is 16.8 Å². The monoisotopic (exact) mass is 446 g/mol. The van der Waals surface area contributed by atoms with E-state index in [1.54, 1.807) is 38.1 Å². The minimum atomic E-state index is -0.674. The molecule has 1 aliphatic heterocycles. The molecule has 0 aromatic heterocycles. The Kier molecular flexibility index (Phi) is 6.24. The molecule has 0 bridgehead atoms. The maximum atomic E-state index is 13.3. The highest BCUT2D eigenvalue weighted by Crippen LogP contribution is 2.37. The molecule has 0 atom stereocenters. The number of ether oxygens (including phenoxy) is 1. The lowest BCUT2D eigenvalue weighted by atomic mass is 10.0. The van der Waals surface area contributed by atoms with Crippen LogP contribution in [0.5, 0.6) is 0 Å². The van der Waals surface area contributed by atoms with Gasteiger partial charge in [-0.05, 0) is 50.3 Å². The van der Waals surface area contributed by atoms with Gasteiger partial charge in [-0.15, -0.1) is 0 Å². The van der Waals surface area contributed by atoms with E-state index in [1.165, 1.54) is 29.2 Å². The molecule has 0 saturated carbocycles. The predicted octanol–water partition coefficient (Wildman–Crippen LogP) is 5.17. The number of esters is 1. The first-order valence-electron chi connectivity index (χ1n) is 8.88. The molecule has 2 aromatic carbocycles. The van der Waals surface area contributed by atoms with Crippen LogP contribution in [0.15, 0.2) is 59.3 Å². The molecule has 1 heterocycles. The van der Waals surface area contributed by atoms with Crippen molar-refractivity contribution in [3.05, 3.63) is 85.0 Å². The molecule has 9 heteroatoms. The predicted molar refractivity (Wildman–Crippen MR) is 114 cm³/mol. The lowest BCUT2D eigenvalue weighted by Crippen LogP contribution is -2.24. The zero-order chi connectivity index (χ0) is 22.0. The first-order chi connectivity index (χ1) is 14.2. The molecule has 0 radical (unpaired) electrons. The molecular weight excluding hydrogens is 431 g/mol. The lowest BCUT2D eigenvalue weighted by Gasteiger charge is -2.18. The Hall–Kier alpha value is -3.16. The quantitative estimate of drug-likeness (QED) is 0.273. The highest BCUT2D eigenvalue weighted by molar-refractivity contribution is 6.33. The number of halogens is 2. The van der Waals surface area contributed by atoms with Crippen LogP contribution in [0.4, 0.5) is 11.4 Å². The first kappa shape index (κ1) is 21.5. The number of non-ortho nitro benzene ring substituents is 1. The molecule has 0 aliphatic carbocycles. The summed E-state index contributed by atoms with van der Waals surface area (Å²) in [6, 6.07) is 10.4. The van der Waals surface area contributed by atoms with Gasteiger partial charge >= 0.3 is 5.97 Å².